The second-order valence-electron chi connectivity index (χ2n) is 6.44. The number of likely N-dealkylation sites (tertiary alicyclic amines) is 1. The highest BCUT2D eigenvalue weighted by Gasteiger charge is 2.31. The molecule has 2 aromatic heterocycles. The quantitative estimate of drug-likeness (QED) is 0.839. The van der Waals surface area contributed by atoms with Gasteiger partial charge in [0, 0.05) is 25.0 Å². The molecule has 1 fully saturated rings. The number of thiazole rings is 1. The first-order valence-electron chi connectivity index (χ1n) is 8.55. The highest BCUT2D eigenvalue weighted by atomic mass is 32.1. The van der Waals surface area contributed by atoms with Crippen molar-refractivity contribution in [2.24, 2.45) is 0 Å². The fourth-order valence-electron chi connectivity index (χ4n) is 3.21. The first-order valence-corrected chi connectivity index (χ1v) is 9.43. The molecule has 1 aliphatic heterocycles. The number of β-amino-alcohol motifs (C(OH)–C–C–N with tert-alkyl or cyclic N) is 1. The molecule has 2 aromatic rings. The van der Waals surface area contributed by atoms with Gasteiger partial charge in [0.15, 0.2) is 0 Å². The lowest BCUT2D eigenvalue weighted by molar-refractivity contribution is 0.0345. The second kappa shape index (κ2) is 7.63. The molecule has 136 valence electrons. The van der Waals surface area contributed by atoms with E-state index in [2.05, 4.69) is 25.7 Å². The zero-order chi connectivity index (χ0) is 18.0. The number of piperidine rings is 1. The molecule has 1 aliphatic rings. The highest BCUT2D eigenvalue weighted by molar-refractivity contribution is 7.09. The third-order valence-corrected chi connectivity index (χ3v) is 5.35. The van der Waals surface area contributed by atoms with Crippen molar-refractivity contribution in [3.63, 3.8) is 0 Å². The smallest absolute Gasteiger partial charge is 0.257 e. The normalized spacial score (nSPS) is 21.4. The predicted octanol–water partition coefficient (Wildman–Crippen LogP) is 1.68. The number of carbonyl (C=O) groups excluding carboxylic acids is 1. The molecule has 3 rings (SSSR count). The van der Waals surface area contributed by atoms with Gasteiger partial charge >= 0.3 is 0 Å². The fourth-order valence-corrected chi connectivity index (χ4v) is 3.81. The van der Waals surface area contributed by atoms with Crippen LogP contribution in [0.15, 0.2) is 9.90 Å². The zero-order valence-corrected chi connectivity index (χ0v) is 15.6. The number of hydrogen-bond donors (Lipinski definition) is 2. The molecular weight excluding hydrogens is 340 g/mol. The highest BCUT2D eigenvalue weighted by Crippen LogP contribution is 2.18. The van der Waals surface area contributed by atoms with Gasteiger partial charge in [-0.3, -0.25) is 9.69 Å². The summed E-state index contributed by atoms with van der Waals surface area (Å²) in [6.45, 7) is 7.71. The van der Waals surface area contributed by atoms with Crippen LogP contribution in [-0.2, 0) is 13.0 Å². The topological polar surface area (TPSA) is 91.5 Å². The lowest BCUT2D eigenvalue weighted by atomic mass is 10.0. The van der Waals surface area contributed by atoms with Gasteiger partial charge in [0.2, 0.25) is 0 Å². The number of rotatable bonds is 5. The van der Waals surface area contributed by atoms with Gasteiger partial charge in [0.25, 0.3) is 5.91 Å². The van der Waals surface area contributed by atoms with Crippen molar-refractivity contribution in [3.8, 4) is 0 Å². The lowest BCUT2D eigenvalue weighted by Crippen LogP contribution is -2.53. The van der Waals surface area contributed by atoms with Crippen LogP contribution in [0, 0.1) is 13.8 Å². The van der Waals surface area contributed by atoms with Gasteiger partial charge in [-0.2, -0.15) is 0 Å². The Kier molecular flexibility index (Phi) is 5.51. The summed E-state index contributed by atoms with van der Waals surface area (Å²) >= 11 is 1.63. The molecule has 7 nitrogen and oxygen atoms in total. The molecule has 1 saturated heterocycles. The molecule has 0 radical (unpaired) electrons. The van der Waals surface area contributed by atoms with Crippen molar-refractivity contribution in [2.75, 3.05) is 13.1 Å². The maximum Gasteiger partial charge on any atom is 0.257 e. The van der Waals surface area contributed by atoms with Crippen LogP contribution in [0.25, 0.3) is 0 Å². The Labute approximate surface area is 151 Å². The van der Waals surface area contributed by atoms with E-state index in [1.165, 1.54) is 0 Å². The average molecular weight is 364 g/mol. The van der Waals surface area contributed by atoms with E-state index in [4.69, 9.17) is 4.52 Å². The SMILES string of the molecule is CCc1noc(C)c1C(=O)N[C@@H]1CCN(Cc2csc(C)n2)C[C@H]1O. The van der Waals surface area contributed by atoms with Gasteiger partial charge in [0.1, 0.15) is 11.3 Å². The molecular formula is C17H24N4O3S. The minimum atomic E-state index is -0.609. The van der Waals surface area contributed by atoms with E-state index in [0.29, 0.717) is 36.4 Å². The minimum Gasteiger partial charge on any atom is -0.390 e. The monoisotopic (exact) mass is 364 g/mol. The maximum atomic E-state index is 12.6. The van der Waals surface area contributed by atoms with Crippen LogP contribution in [0.1, 0.15) is 45.9 Å². The van der Waals surface area contributed by atoms with Crippen molar-refractivity contribution < 1.29 is 14.4 Å². The van der Waals surface area contributed by atoms with E-state index < -0.39 is 6.10 Å². The number of aryl methyl sites for hydroxylation is 3. The van der Waals surface area contributed by atoms with E-state index in [-0.39, 0.29) is 11.9 Å². The molecule has 2 atom stereocenters. The number of hydrogen-bond acceptors (Lipinski definition) is 7. The van der Waals surface area contributed by atoms with Crippen LogP contribution in [0.4, 0.5) is 0 Å². The summed E-state index contributed by atoms with van der Waals surface area (Å²) in [6, 6.07) is -0.264. The number of amides is 1. The zero-order valence-electron chi connectivity index (χ0n) is 14.8. The maximum absolute atomic E-state index is 12.6. The van der Waals surface area contributed by atoms with Crippen LogP contribution in [-0.4, -0.2) is 51.3 Å². The summed E-state index contributed by atoms with van der Waals surface area (Å²) in [6.07, 6.45) is 0.721. The molecule has 0 unspecified atom stereocenters. The Morgan fingerprint density at radius 3 is 2.96 bits per heavy atom. The summed E-state index contributed by atoms with van der Waals surface area (Å²) in [5.41, 5.74) is 2.18. The lowest BCUT2D eigenvalue weighted by Gasteiger charge is -2.35. The summed E-state index contributed by atoms with van der Waals surface area (Å²) in [5, 5.41) is 20.4. The third kappa shape index (κ3) is 4.08. The van der Waals surface area contributed by atoms with Gasteiger partial charge in [0.05, 0.1) is 28.5 Å². The molecule has 3 heterocycles. The molecule has 25 heavy (non-hydrogen) atoms. The molecule has 8 heteroatoms. The minimum absolute atomic E-state index is 0.219. The van der Waals surface area contributed by atoms with E-state index in [9.17, 15) is 9.90 Å². The van der Waals surface area contributed by atoms with Crippen LogP contribution in [0.2, 0.25) is 0 Å². The van der Waals surface area contributed by atoms with E-state index in [1.807, 2.05) is 13.8 Å². The van der Waals surface area contributed by atoms with Crippen LogP contribution in [0.3, 0.4) is 0 Å². The van der Waals surface area contributed by atoms with Crippen molar-refractivity contribution in [1.82, 2.24) is 20.4 Å². The van der Waals surface area contributed by atoms with Crippen molar-refractivity contribution in [2.45, 2.75) is 52.3 Å². The number of carbonyl (C=O) groups is 1. The van der Waals surface area contributed by atoms with Crippen molar-refractivity contribution >= 4 is 17.2 Å². The summed E-state index contributed by atoms with van der Waals surface area (Å²) in [5.74, 6) is 0.295. The molecule has 0 spiro atoms. The number of aromatic nitrogens is 2. The van der Waals surface area contributed by atoms with E-state index >= 15 is 0 Å². The summed E-state index contributed by atoms with van der Waals surface area (Å²) < 4.78 is 5.12. The molecule has 2 N–H and O–H groups in total. The average Bonchev–Trinajstić information content (AvgIpc) is 3.15. The van der Waals surface area contributed by atoms with Crippen molar-refractivity contribution in [1.29, 1.82) is 0 Å². The number of aliphatic hydroxyl groups excluding tert-OH is 1. The van der Waals surface area contributed by atoms with Gasteiger partial charge in [-0.15, -0.1) is 11.3 Å². The Morgan fingerprint density at radius 1 is 1.52 bits per heavy atom. The molecule has 0 aromatic carbocycles. The van der Waals surface area contributed by atoms with Crippen molar-refractivity contribution in [3.05, 3.63) is 33.1 Å². The molecule has 0 bridgehead atoms. The molecule has 0 saturated carbocycles. The Bertz CT molecular complexity index is 742. The van der Waals surface area contributed by atoms with E-state index in [0.717, 1.165) is 23.8 Å². The predicted molar refractivity (Wildman–Crippen MR) is 94.6 cm³/mol. The number of aliphatic hydroxyl groups is 1. The van der Waals surface area contributed by atoms with Gasteiger partial charge in [-0.05, 0) is 26.7 Å². The fraction of sp³-hybridized carbons (Fsp3) is 0.588. The second-order valence-corrected chi connectivity index (χ2v) is 7.51. The first-order chi connectivity index (χ1) is 12.0. The standard InChI is InChI=1S/C17H24N4O3S/c1-4-13-16(10(2)24-20-13)17(23)19-14-5-6-21(8-15(14)22)7-12-9-25-11(3)18-12/h9,14-15,22H,4-8H2,1-3H3,(H,19,23)/t14-,15-/m1/s1. The third-order valence-electron chi connectivity index (χ3n) is 4.53. The number of nitrogens with zero attached hydrogens (tertiary/aromatic N) is 3. The van der Waals surface area contributed by atoms with Crippen LogP contribution in [0.5, 0.6) is 0 Å². The Hall–Kier alpha value is -1.77. The van der Waals surface area contributed by atoms with Crippen LogP contribution < -0.4 is 5.32 Å². The van der Waals surface area contributed by atoms with Gasteiger partial charge in [-0.25, -0.2) is 4.98 Å². The van der Waals surface area contributed by atoms with Gasteiger partial charge in [-0.1, -0.05) is 12.1 Å². The summed E-state index contributed by atoms with van der Waals surface area (Å²) in [7, 11) is 0. The molecule has 1 amide bonds. The first kappa shape index (κ1) is 18.0. The Balaban J connectivity index is 1.58. The number of nitrogens with one attached hydrogen (secondary N) is 1. The van der Waals surface area contributed by atoms with Gasteiger partial charge < -0.3 is 14.9 Å². The largest absolute Gasteiger partial charge is 0.390 e. The van der Waals surface area contributed by atoms with Crippen LogP contribution >= 0.6 is 11.3 Å². The summed E-state index contributed by atoms with van der Waals surface area (Å²) in [4.78, 5) is 19.2. The molecule has 0 aliphatic carbocycles. The Morgan fingerprint density at radius 2 is 2.32 bits per heavy atom. The van der Waals surface area contributed by atoms with E-state index in [1.54, 1.807) is 18.3 Å².